The largest absolute Gasteiger partial charge is 0.394 e. The Morgan fingerprint density at radius 2 is 1.49 bits per heavy atom. The van der Waals surface area contributed by atoms with E-state index in [2.05, 4.69) is 17.2 Å². The first-order valence-electron chi connectivity index (χ1n) is 18.7. The first-order chi connectivity index (χ1) is 23.7. The summed E-state index contributed by atoms with van der Waals surface area (Å²) in [7, 11) is 0. The second-order valence-corrected chi connectivity index (χ2v) is 14.9. The van der Waals surface area contributed by atoms with E-state index in [1.165, 1.54) is 57.8 Å². The predicted molar refractivity (Wildman–Crippen MR) is 193 cm³/mol. The van der Waals surface area contributed by atoms with Gasteiger partial charge in [-0.1, -0.05) is 90.0 Å². The fraction of sp³-hybridized carbons (Fsp3) is 0.737. The molecule has 3 rings (SSSR count). The standard InChI is InChI=1S/C38H62N2O8S/c1-2-3-4-5-6-7-8-9-10-11-12-13-19-30(42)35(44)29(22-23-31-36(45)38(47)37(46)32(26-41)48-31)40-34(43)20-16-17-27-21-24-33(49-27)28-18-14-15-25-39-28/h14-15,18,21,24-25,29-32,35-38,41-42,44-47H,2-13,16-17,19-20,22-23,26H2,1H3,(H,40,43)/t29-,30+,31+,32+,35-,36-,37-,38+/m0/s1. The molecule has 1 aliphatic heterocycles. The number of amides is 1. The van der Waals surface area contributed by atoms with Crippen LogP contribution in [0.3, 0.4) is 0 Å². The zero-order chi connectivity index (χ0) is 35.4. The molecule has 0 spiro atoms. The quantitative estimate of drug-likeness (QED) is 0.0698. The highest BCUT2D eigenvalue weighted by molar-refractivity contribution is 7.15. The Labute approximate surface area is 297 Å². The topological polar surface area (TPSA) is 173 Å². The Bertz CT molecular complexity index is 1150. The number of unbranched alkanes of at least 4 members (excludes halogenated alkanes) is 11. The molecule has 0 aromatic carbocycles. The van der Waals surface area contributed by atoms with Gasteiger partial charge in [0.25, 0.3) is 0 Å². The normalized spacial score (nSPS) is 22.9. The zero-order valence-corrected chi connectivity index (χ0v) is 30.2. The van der Waals surface area contributed by atoms with Gasteiger partial charge in [0.05, 0.1) is 41.5 Å². The summed E-state index contributed by atoms with van der Waals surface area (Å²) in [5.41, 5.74) is 0.912. The molecule has 0 radical (unpaired) electrons. The Balaban J connectivity index is 1.46. The van der Waals surface area contributed by atoms with Crippen LogP contribution in [0.15, 0.2) is 36.5 Å². The zero-order valence-electron chi connectivity index (χ0n) is 29.4. The van der Waals surface area contributed by atoms with Crippen LogP contribution in [0.25, 0.3) is 10.6 Å². The van der Waals surface area contributed by atoms with Gasteiger partial charge in [0.15, 0.2) is 0 Å². The number of aryl methyl sites for hydroxylation is 1. The summed E-state index contributed by atoms with van der Waals surface area (Å²) in [6.07, 6.45) is 9.76. The van der Waals surface area contributed by atoms with E-state index in [9.17, 15) is 35.4 Å². The molecule has 278 valence electrons. The lowest BCUT2D eigenvalue weighted by atomic mass is 9.90. The van der Waals surface area contributed by atoms with E-state index in [0.717, 1.165) is 34.7 Å². The van der Waals surface area contributed by atoms with Crippen molar-refractivity contribution < 1.29 is 40.2 Å². The number of nitrogens with zero attached hydrogens (tertiary/aromatic N) is 1. The van der Waals surface area contributed by atoms with Crippen molar-refractivity contribution in [1.29, 1.82) is 0 Å². The molecule has 0 unspecified atom stereocenters. The third kappa shape index (κ3) is 14.7. The molecule has 1 saturated heterocycles. The highest BCUT2D eigenvalue weighted by Crippen LogP contribution is 2.28. The van der Waals surface area contributed by atoms with E-state index >= 15 is 0 Å². The molecule has 1 amide bonds. The number of carbonyl (C=O) groups excluding carboxylic acids is 1. The molecular weight excluding hydrogens is 644 g/mol. The summed E-state index contributed by atoms with van der Waals surface area (Å²) in [6.45, 7) is 1.70. The number of thiophene rings is 1. The molecule has 0 aliphatic carbocycles. The molecule has 49 heavy (non-hydrogen) atoms. The smallest absolute Gasteiger partial charge is 0.220 e. The number of nitrogens with one attached hydrogen (secondary N) is 1. The number of pyridine rings is 1. The molecule has 0 bridgehead atoms. The van der Waals surface area contributed by atoms with Crippen molar-refractivity contribution in [2.45, 2.75) is 171 Å². The molecule has 2 aromatic heterocycles. The minimum Gasteiger partial charge on any atom is -0.394 e. The SMILES string of the molecule is CCCCCCCCCCCCCC[C@@H](O)[C@@H](O)[C@H](CC[C@H]1O[C@H](CO)[C@H](O)[C@H](O)[C@H]1O)NC(=O)CCCc1ccc(-c2ccccn2)s1. The highest BCUT2D eigenvalue weighted by atomic mass is 32.1. The van der Waals surface area contributed by atoms with Crippen molar-refractivity contribution in [1.82, 2.24) is 10.3 Å². The van der Waals surface area contributed by atoms with Crippen LogP contribution in [0.4, 0.5) is 0 Å². The fourth-order valence-corrected chi connectivity index (χ4v) is 7.61. The van der Waals surface area contributed by atoms with E-state index < -0.39 is 55.4 Å². The number of aliphatic hydroxyl groups excluding tert-OH is 6. The van der Waals surface area contributed by atoms with Crippen LogP contribution in [0.1, 0.15) is 121 Å². The highest BCUT2D eigenvalue weighted by Gasteiger charge is 2.43. The molecule has 11 heteroatoms. The van der Waals surface area contributed by atoms with Crippen LogP contribution in [0, 0.1) is 0 Å². The van der Waals surface area contributed by atoms with Crippen LogP contribution >= 0.6 is 11.3 Å². The van der Waals surface area contributed by atoms with Crippen molar-refractivity contribution in [2.75, 3.05) is 6.61 Å². The first kappa shape index (κ1) is 41.5. The van der Waals surface area contributed by atoms with Gasteiger partial charge in [-0.2, -0.15) is 0 Å². The summed E-state index contributed by atoms with van der Waals surface area (Å²) in [4.78, 5) is 19.7. The summed E-state index contributed by atoms with van der Waals surface area (Å²) < 4.78 is 5.65. The Morgan fingerprint density at radius 3 is 2.12 bits per heavy atom. The first-order valence-corrected chi connectivity index (χ1v) is 19.5. The van der Waals surface area contributed by atoms with E-state index in [1.54, 1.807) is 17.5 Å². The van der Waals surface area contributed by atoms with E-state index in [0.29, 0.717) is 19.3 Å². The van der Waals surface area contributed by atoms with Gasteiger partial charge in [-0.3, -0.25) is 9.78 Å². The lowest BCUT2D eigenvalue weighted by Crippen LogP contribution is -2.59. The number of ether oxygens (including phenoxy) is 1. The van der Waals surface area contributed by atoms with Crippen LogP contribution in [0.2, 0.25) is 0 Å². The Morgan fingerprint density at radius 1 is 0.837 bits per heavy atom. The average Bonchev–Trinajstić information content (AvgIpc) is 3.59. The number of hydrogen-bond acceptors (Lipinski definition) is 10. The number of hydrogen-bond donors (Lipinski definition) is 7. The van der Waals surface area contributed by atoms with Crippen molar-refractivity contribution in [3.05, 3.63) is 41.4 Å². The average molecular weight is 707 g/mol. The van der Waals surface area contributed by atoms with Gasteiger partial charge in [-0.25, -0.2) is 0 Å². The van der Waals surface area contributed by atoms with Crippen molar-refractivity contribution >= 4 is 17.2 Å². The minimum atomic E-state index is -1.50. The summed E-state index contributed by atoms with van der Waals surface area (Å²) in [6, 6.07) is 9.06. The van der Waals surface area contributed by atoms with Crippen molar-refractivity contribution in [2.24, 2.45) is 0 Å². The van der Waals surface area contributed by atoms with Crippen molar-refractivity contribution in [3.63, 3.8) is 0 Å². The molecule has 0 saturated carbocycles. The van der Waals surface area contributed by atoms with Crippen LogP contribution < -0.4 is 5.32 Å². The second-order valence-electron chi connectivity index (χ2n) is 13.7. The number of aromatic nitrogens is 1. The number of aliphatic hydroxyl groups is 6. The monoisotopic (exact) mass is 706 g/mol. The lowest BCUT2D eigenvalue weighted by Gasteiger charge is -2.40. The van der Waals surface area contributed by atoms with Gasteiger partial charge >= 0.3 is 0 Å². The number of carbonyl (C=O) groups is 1. The van der Waals surface area contributed by atoms with Crippen LogP contribution in [0.5, 0.6) is 0 Å². The molecule has 10 nitrogen and oxygen atoms in total. The lowest BCUT2D eigenvalue weighted by molar-refractivity contribution is -0.231. The summed E-state index contributed by atoms with van der Waals surface area (Å²) in [5.74, 6) is -0.253. The third-order valence-electron chi connectivity index (χ3n) is 9.67. The van der Waals surface area contributed by atoms with Gasteiger partial charge in [0, 0.05) is 17.5 Å². The summed E-state index contributed by atoms with van der Waals surface area (Å²) in [5, 5.41) is 65.5. The van der Waals surface area contributed by atoms with Crippen LogP contribution in [-0.2, 0) is 16.0 Å². The van der Waals surface area contributed by atoms with Gasteiger partial charge in [-0.15, -0.1) is 11.3 Å². The Hall–Kier alpha value is -1.96. The van der Waals surface area contributed by atoms with E-state index in [-0.39, 0.29) is 25.2 Å². The fourth-order valence-electron chi connectivity index (χ4n) is 6.58. The molecule has 8 atom stereocenters. The van der Waals surface area contributed by atoms with Gasteiger partial charge in [-0.05, 0) is 56.4 Å². The molecule has 1 aliphatic rings. The van der Waals surface area contributed by atoms with E-state index in [1.807, 2.05) is 30.3 Å². The molecule has 3 heterocycles. The van der Waals surface area contributed by atoms with Crippen molar-refractivity contribution in [3.8, 4) is 10.6 Å². The Kier molecular flexibility index (Phi) is 19.9. The maximum Gasteiger partial charge on any atom is 0.220 e. The summed E-state index contributed by atoms with van der Waals surface area (Å²) >= 11 is 1.64. The molecule has 7 N–H and O–H groups in total. The number of rotatable bonds is 25. The maximum atomic E-state index is 13.1. The van der Waals surface area contributed by atoms with Gasteiger partial charge < -0.3 is 40.7 Å². The van der Waals surface area contributed by atoms with E-state index in [4.69, 9.17) is 4.74 Å². The maximum absolute atomic E-state index is 13.1. The predicted octanol–water partition coefficient (Wildman–Crippen LogP) is 5.05. The van der Waals surface area contributed by atoms with Gasteiger partial charge in [0.2, 0.25) is 5.91 Å². The van der Waals surface area contributed by atoms with Gasteiger partial charge in [0.1, 0.15) is 24.4 Å². The third-order valence-corrected chi connectivity index (χ3v) is 10.8. The second kappa shape index (κ2) is 23.5. The van der Waals surface area contributed by atoms with Crippen LogP contribution in [-0.4, -0.2) is 96.9 Å². The molecule has 1 fully saturated rings. The molecular formula is C38H62N2O8S. The molecule has 2 aromatic rings. The minimum absolute atomic E-state index is 0.125.